The predicted molar refractivity (Wildman–Crippen MR) is 66.8 cm³/mol. The fraction of sp³-hybridized carbons (Fsp3) is 0.750. The smallest absolute Gasteiger partial charge is 0.0847 e. The second-order valence-electron chi connectivity index (χ2n) is 5.17. The maximum atomic E-state index is 6.27. The number of halogens is 1. The second-order valence-corrected chi connectivity index (χ2v) is 5.55. The third-order valence-electron chi connectivity index (χ3n) is 3.89. The highest BCUT2D eigenvalue weighted by atomic mass is 35.5. The van der Waals surface area contributed by atoms with E-state index in [1.54, 1.807) is 0 Å². The van der Waals surface area contributed by atoms with Crippen LogP contribution in [0.15, 0.2) is 0 Å². The molecule has 0 saturated heterocycles. The highest BCUT2D eigenvalue weighted by molar-refractivity contribution is 6.31. The molecule has 16 heavy (non-hydrogen) atoms. The van der Waals surface area contributed by atoms with Crippen LogP contribution in [0.2, 0.25) is 5.02 Å². The van der Waals surface area contributed by atoms with E-state index in [0.717, 1.165) is 22.8 Å². The molecule has 1 aliphatic rings. The number of nitrogens with one attached hydrogen (secondary N) is 1. The summed E-state index contributed by atoms with van der Waals surface area (Å²) in [6, 6.07) is 0.500. The first-order valence-corrected chi connectivity index (χ1v) is 6.21. The van der Waals surface area contributed by atoms with Crippen molar-refractivity contribution in [2.45, 2.75) is 39.2 Å². The molecule has 3 nitrogen and oxygen atoms in total. The maximum Gasteiger partial charge on any atom is 0.0847 e. The van der Waals surface area contributed by atoms with Crippen LogP contribution in [0, 0.1) is 12.3 Å². The lowest BCUT2D eigenvalue weighted by Crippen LogP contribution is -2.36. The van der Waals surface area contributed by atoms with Gasteiger partial charge in [-0.2, -0.15) is 5.10 Å². The molecule has 4 heteroatoms. The molecular formula is C12H20ClN3. The van der Waals surface area contributed by atoms with Crippen LogP contribution < -0.4 is 5.32 Å². The number of nitrogens with zero attached hydrogens (tertiary/aromatic N) is 2. The summed E-state index contributed by atoms with van der Waals surface area (Å²) in [5.74, 6) is 0. The van der Waals surface area contributed by atoms with Crippen LogP contribution in [-0.2, 0) is 13.5 Å². The molecule has 0 aromatic carbocycles. The third-order valence-corrected chi connectivity index (χ3v) is 4.38. The molecule has 1 saturated carbocycles. The molecule has 1 aliphatic carbocycles. The zero-order valence-electron chi connectivity index (χ0n) is 10.5. The predicted octanol–water partition coefficient (Wildman–Crippen LogP) is 2.31. The average Bonchev–Trinajstić information content (AvgIpc) is 2.92. The lowest BCUT2D eigenvalue weighted by atomic mass is 9.94. The Morgan fingerprint density at radius 2 is 2.19 bits per heavy atom. The Bertz CT molecular complexity index is 393. The summed E-state index contributed by atoms with van der Waals surface area (Å²) in [4.78, 5) is 0. The van der Waals surface area contributed by atoms with Crippen LogP contribution >= 0.6 is 11.6 Å². The van der Waals surface area contributed by atoms with Gasteiger partial charge < -0.3 is 5.32 Å². The van der Waals surface area contributed by atoms with Crippen molar-refractivity contribution in [1.29, 1.82) is 0 Å². The normalized spacial score (nSPS) is 19.8. The number of aromatic nitrogens is 2. The molecule has 1 aromatic heterocycles. The second kappa shape index (κ2) is 4.04. The van der Waals surface area contributed by atoms with Gasteiger partial charge in [-0.25, -0.2) is 0 Å². The average molecular weight is 242 g/mol. The van der Waals surface area contributed by atoms with Crippen molar-refractivity contribution >= 4 is 11.6 Å². The van der Waals surface area contributed by atoms with Gasteiger partial charge in [0.05, 0.1) is 16.4 Å². The van der Waals surface area contributed by atoms with E-state index < -0.39 is 0 Å². The van der Waals surface area contributed by atoms with Gasteiger partial charge in [-0.15, -0.1) is 0 Å². The Morgan fingerprint density at radius 1 is 1.56 bits per heavy atom. The fourth-order valence-electron chi connectivity index (χ4n) is 2.34. The quantitative estimate of drug-likeness (QED) is 0.877. The van der Waals surface area contributed by atoms with Gasteiger partial charge in [0.25, 0.3) is 0 Å². The number of aryl methyl sites for hydroxylation is 2. The number of likely N-dealkylation sites (N-methyl/N-ethyl adjacent to an activating group) is 1. The highest BCUT2D eigenvalue weighted by Crippen LogP contribution is 2.49. The molecule has 1 fully saturated rings. The van der Waals surface area contributed by atoms with Crippen molar-refractivity contribution in [3.05, 3.63) is 16.4 Å². The Morgan fingerprint density at radius 3 is 2.56 bits per heavy atom. The van der Waals surface area contributed by atoms with E-state index in [-0.39, 0.29) is 0 Å². The molecule has 0 radical (unpaired) electrons. The molecule has 0 amide bonds. The summed E-state index contributed by atoms with van der Waals surface area (Å²) in [5.41, 5.74) is 2.53. The zero-order valence-corrected chi connectivity index (χ0v) is 11.2. The van der Waals surface area contributed by atoms with Crippen LogP contribution in [0.1, 0.15) is 31.2 Å². The third kappa shape index (κ3) is 1.98. The summed E-state index contributed by atoms with van der Waals surface area (Å²) in [6.45, 7) is 4.30. The van der Waals surface area contributed by atoms with Crippen LogP contribution in [0.4, 0.5) is 0 Å². The van der Waals surface area contributed by atoms with Gasteiger partial charge in [-0.3, -0.25) is 4.68 Å². The van der Waals surface area contributed by atoms with Gasteiger partial charge in [-0.05, 0) is 32.2 Å². The van der Waals surface area contributed by atoms with E-state index in [0.29, 0.717) is 11.5 Å². The molecule has 0 aliphatic heterocycles. The van der Waals surface area contributed by atoms with Crippen molar-refractivity contribution in [2.75, 3.05) is 7.05 Å². The van der Waals surface area contributed by atoms with Crippen LogP contribution in [0.5, 0.6) is 0 Å². The molecule has 1 unspecified atom stereocenters. The van der Waals surface area contributed by atoms with E-state index in [1.165, 1.54) is 12.8 Å². The fourth-order valence-corrected chi connectivity index (χ4v) is 2.58. The minimum Gasteiger partial charge on any atom is -0.316 e. The SMILES string of the molecule is CNC(Cc1c(Cl)c(C)nn1C)C1(C)CC1. The van der Waals surface area contributed by atoms with Gasteiger partial charge in [0, 0.05) is 19.5 Å². The minimum atomic E-state index is 0.455. The lowest BCUT2D eigenvalue weighted by molar-refractivity contribution is 0.369. The Kier molecular flexibility index (Phi) is 3.01. The van der Waals surface area contributed by atoms with Crippen molar-refractivity contribution in [3.8, 4) is 0 Å². The Hall–Kier alpha value is -0.540. The lowest BCUT2D eigenvalue weighted by Gasteiger charge is -2.23. The minimum absolute atomic E-state index is 0.455. The van der Waals surface area contributed by atoms with Gasteiger partial charge in [0.15, 0.2) is 0 Å². The summed E-state index contributed by atoms with van der Waals surface area (Å²) in [5, 5.41) is 8.60. The van der Waals surface area contributed by atoms with Crippen molar-refractivity contribution in [2.24, 2.45) is 12.5 Å². The topological polar surface area (TPSA) is 29.9 Å². The first-order chi connectivity index (χ1) is 7.48. The summed E-state index contributed by atoms with van der Waals surface area (Å²) < 4.78 is 1.91. The Labute approximate surface area is 102 Å². The van der Waals surface area contributed by atoms with E-state index in [1.807, 2.05) is 25.7 Å². The summed E-state index contributed by atoms with van der Waals surface area (Å²) in [7, 11) is 4.00. The van der Waals surface area contributed by atoms with E-state index in [2.05, 4.69) is 17.3 Å². The molecule has 2 rings (SSSR count). The largest absolute Gasteiger partial charge is 0.316 e. The van der Waals surface area contributed by atoms with Crippen molar-refractivity contribution in [1.82, 2.24) is 15.1 Å². The first kappa shape index (κ1) is 11.9. The number of hydrogen-bond donors (Lipinski definition) is 1. The summed E-state index contributed by atoms with van der Waals surface area (Å²) in [6.07, 6.45) is 3.59. The van der Waals surface area contributed by atoms with Gasteiger partial charge in [0.2, 0.25) is 0 Å². The monoisotopic (exact) mass is 241 g/mol. The van der Waals surface area contributed by atoms with E-state index in [9.17, 15) is 0 Å². The van der Waals surface area contributed by atoms with Crippen molar-refractivity contribution < 1.29 is 0 Å². The highest BCUT2D eigenvalue weighted by Gasteiger charge is 2.44. The molecule has 1 atom stereocenters. The molecule has 1 heterocycles. The molecule has 0 spiro atoms. The molecule has 0 bridgehead atoms. The Balaban J connectivity index is 2.19. The van der Waals surface area contributed by atoms with Crippen LogP contribution in [0.3, 0.4) is 0 Å². The number of rotatable bonds is 4. The molecular weight excluding hydrogens is 222 g/mol. The zero-order chi connectivity index (χ0) is 11.9. The molecule has 90 valence electrons. The van der Waals surface area contributed by atoms with Gasteiger partial charge in [-0.1, -0.05) is 18.5 Å². The maximum absolute atomic E-state index is 6.27. The van der Waals surface area contributed by atoms with Crippen LogP contribution in [0.25, 0.3) is 0 Å². The molecule has 1 N–H and O–H groups in total. The van der Waals surface area contributed by atoms with E-state index in [4.69, 9.17) is 11.6 Å². The van der Waals surface area contributed by atoms with Gasteiger partial charge in [0.1, 0.15) is 0 Å². The molecule has 1 aromatic rings. The summed E-state index contributed by atoms with van der Waals surface area (Å²) >= 11 is 6.27. The number of hydrogen-bond acceptors (Lipinski definition) is 2. The first-order valence-electron chi connectivity index (χ1n) is 5.83. The van der Waals surface area contributed by atoms with Gasteiger partial charge >= 0.3 is 0 Å². The van der Waals surface area contributed by atoms with Crippen molar-refractivity contribution in [3.63, 3.8) is 0 Å². The van der Waals surface area contributed by atoms with Crippen LogP contribution in [-0.4, -0.2) is 22.9 Å². The van der Waals surface area contributed by atoms with E-state index >= 15 is 0 Å². The standard InChI is InChI=1S/C12H20ClN3/c1-8-11(13)9(16(4)15-8)7-10(14-3)12(2)5-6-12/h10,14H,5-7H2,1-4H3.